The summed E-state index contributed by atoms with van der Waals surface area (Å²) in [5.41, 5.74) is 7.46. The minimum Gasteiger partial charge on any atom is -0.483 e. The molecule has 5 heteroatoms. The van der Waals surface area contributed by atoms with Gasteiger partial charge in [-0.25, -0.2) is 5.43 Å². The highest BCUT2D eigenvalue weighted by molar-refractivity contribution is 5.89. The largest absolute Gasteiger partial charge is 0.483 e. The van der Waals surface area contributed by atoms with Gasteiger partial charge >= 0.3 is 0 Å². The van der Waals surface area contributed by atoms with Crippen molar-refractivity contribution < 1.29 is 9.53 Å². The van der Waals surface area contributed by atoms with Crippen LogP contribution in [0, 0.1) is 6.92 Å². The second-order valence-electron chi connectivity index (χ2n) is 9.30. The SMILES string of the molecule is Cc1cc2c(cc1/C=N/NC(=O)COc1cccc3ccccc13)[C@H](C)CC(C)(C)N2C. The van der Waals surface area contributed by atoms with Gasteiger partial charge in [-0.15, -0.1) is 0 Å². The first-order chi connectivity index (χ1) is 15.3. The molecule has 1 atom stereocenters. The van der Waals surface area contributed by atoms with Crippen LogP contribution < -0.4 is 15.1 Å². The highest BCUT2D eigenvalue weighted by Gasteiger charge is 2.34. The third kappa shape index (κ3) is 4.33. The highest BCUT2D eigenvalue weighted by atomic mass is 16.5. The number of hydrazone groups is 1. The number of nitrogens with zero attached hydrogens (tertiary/aromatic N) is 2. The van der Waals surface area contributed by atoms with Crippen LogP contribution in [0.15, 0.2) is 59.7 Å². The molecule has 0 fully saturated rings. The number of anilines is 1. The zero-order chi connectivity index (χ0) is 22.9. The van der Waals surface area contributed by atoms with E-state index in [0.29, 0.717) is 11.7 Å². The molecule has 0 bridgehead atoms. The first kappa shape index (κ1) is 21.9. The zero-order valence-corrected chi connectivity index (χ0v) is 19.5. The molecule has 1 heterocycles. The van der Waals surface area contributed by atoms with Crippen LogP contribution >= 0.6 is 0 Å². The van der Waals surface area contributed by atoms with Gasteiger partial charge in [0.2, 0.25) is 0 Å². The average Bonchev–Trinajstić information content (AvgIpc) is 2.76. The number of ether oxygens (including phenoxy) is 1. The third-order valence-electron chi connectivity index (χ3n) is 6.52. The van der Waals surface area contributed by atoms with Gasteiger partial charge in [0.05, 0.1) is 6.21 Å². The third-order valence-corrected chi connectivity index (χ3v) is 6.52. The predicted octanol–water partition coefficient (Wildman–Crippen LogP) is 5.40. The Morgan fingerprint density at radius 3 is 2.78 bits per heavy atom. The molecule has 0 aliphatic carbocycles. The van der Waals surface area contributed by atoms with Crippen molar-refractivity contribution in [2.75, 3.05) is 18.6 Å². The second-order valence-corrected chi connectivity index (χ2v) is 9.30. The summed E-state index contributed by atoms with van der Waals surface area (Å²) in [5, 5.41) is 6.24. The number of amides is 1. The molecule has 1 aliphatic rings. The van der Waals surface area contributed by atoms with E-state index in [1.54, 1.807) is 6.21 Å². The molecule has 3 aromatic rings. The molecule has 5 nitrogen and oxygen atoms in total. The highest BCUT2D eigenvalue weighted by Crippen LogP contribution is 2.43. The molecule has 1 amide bonds. The Morgan fingerprint density at radius 1 is 1.22 bits per heavy atom. The van der Waals surface area contributed by atoms with Crippen LogP contribution in [-0.4, -0.2) is 31.3 Å². The molecule has 0 saturated heterocycles. The molecule has 0 spiro atoms. The minimum atomic E-state index is -0.292. The Kier molecular flexibility index (Phi) is 5.92. The van der Waals surface area contributed by atoms with Crippen molar-refractivity contribution in [1.82, 2.24) is 5.43 Å². The van der Waals surface area contributed by atoms with Crippen molar-refractivity contribution in [1.29, 1.82) is 0 Å². The van der Waals surface area contributed by atoms with Crippen LogP contribution in [0.5, 0.6) is 5.75 Å². The summed E-state index contributed by atoms with van der Waals surface area (Å²) in [6.45, 7) is 8.83. The van der Waals surface area contributed by atoms with Crippen LogP contribution in [0.3, 0.4) is 0 Å². The lowest BCUT2D eigenvalue weighted by Gasteiger charge is -2.45. The molecule has 32 heavy (non-hydrogen) atoms. The Morgan fingerprint density at radius 2 is 1.97 bits per heavy atom. The summed E-state index contributed by atoms with van der Waals surface area (Å²) in [7, 11) is 2.16. The van der Waals surface area contributed by atoms with Crippen LogP contribution in [0.2, 0.25) is 0 Å². The lowest BCUT2D eigenvalue weighted by atomic mass is 9.79. The maximum absolute atomic E-state index is 12.3. The maximum atomic E-state index is 12.3. The molecule has 166 valence electrons. The monoisotopic (exact) mass is 429 g/mol. The summed E-state index contributed by atoms with van der Waals surface area (Å²) in [6.07, 6.45) is 2.82. The lowest BCUT2D eigenvalue weighted by molar-refractivity contribution is -0.123. The maximum Gasteiger partial charge on any atom is 0.277 e. The van der Waals surface area contributed by atoms with Gasteiger partial charge < -0.3 is 9.64 Å². The van der Waals surface area contributed by atoms with E-state index in [4.69, 9.17) is 4.74 Å². The van der Waals surface area contributed by atoms with Gasteiger partial charge in [-0.2, -0.15) is 5.10 Å². The normalized spacial score (nSPS) is 17.4. The first-order valence-electron chi connectivity index (χ1n) is 11.1. The van der Waals surface area contributed by atoms with Gasteiger partial charge in [-0.05, 0) is 73.4 Å². The van der Waals surface area contributed by atoms with Crippen molar-refractivity contribution in [2.45, 2.75) is 45.6 Å². The van der Waals surface area contributed by atoms with Gasteiger partial charge in [-0.1, -0.05) is 43.3 Å². The Hall–Kier alpha value is -3.34. The molecule has 0 aromatic heterocycles. The van der Waals surface area contributed by atoms with Gasteiger partial charge in [0.25, 0.3) is 5.91 Å². The van der Waals surface area contributed by atoms with Gasteiger partial charge in [-0.3, -0.25) is 4.79 Å². The second kappa shape index (κ2) is 8.65. The number of rotatable bonds is 5. The summed E-state index contributed by atoms with van der Waals surface area (Å²) in [6, 6.07) is 18.2. The van der Waals surface area contributed by atoms with Crippen LogP contribution in [0.1, 0.15) is 49.8 Å². The van der Waals surface area contributed by atoms with E-state index in [1.165, 1.54) is 11.3 Å². The Labute approximate surface area is 190 Å². The smallest absolute Gasteiger partial charge is 0.277 e. The summed E-state index contributed by atoms with van der Waals surface area (Å²) < 4.78 is 5.74. The molecule has 3 aromatic carbocycles. The van der Waals surface area contributed by atoms with Crippen molar-refractivity contribution in [3.05, 3.63) is 71.3 Å². The molecule has 1 N–H and O–H groups in total. The number of carbonyl (C=O) groups excluding carboxylic acids is 1. The van der Waals surface area contributed by atoms with Gasteiger partial charge in [0.1, 0.15) is 5.75 Å². The number of benzene rings is 3. The van der Waals surface area contributed by atoms with Gasteiger partial charge in [0.15, 0.2) is 6.61 Å². The molecule has 0 unspecified atom stereocenters. The standard InChI is InChI=1S/C27H31N3O2/c1-18-13-24-23(19(2)15-27(3,4)30(24)5)14-21(18)16-28-29-26(31)17-32-25-12-8-10-20-9-6-7-11-22(20)25/h6-14,16,19H,15,17H2,1-5H3,(H,29,31)/b28-16+/t19-/m1/s1. The van der Waals surface area contributed by atoms with E-state index in [9.17, 15) is 4.79 Å². The van der Waals surface area contributed by atoms with Crippen molar-refractivity contribution in [2.24, 2.45) is 5.10 Å². The number of nitrogens with one attached hydrogen (secondary N) is 1. The number of hydrogen-bond donors (Lipinski definition) is 1. The molecule has 4 rings (SSSR count). The van der Waals surface area contributed by atoms with Crippen molar-refractivity contribution in [3.63, 3.8) is 0 Å². The van der Waals surface area contributed by atoms with E-state index in [0.717, 1.165) is 28.3 Å². The number of hydrogen-bond acceptors (Lipinski definition) is 4. The number of carbonyl (C=O) groups is 1. The van der Waals surface area contributed by atoms with Crippen molar-refractivity contribution >= 4 is 28.6 Å². The topological polar surface area (TPSA) is 53.9 Å². The summed E-state index contributed by atoms with van der Waals surface area (Å²) >= 11 is 0. The van der Waals surface area contributed by atoms with Gasteiger partial charge in [0, 0.05) is 23.7 Å². The number of fused-ring (bicyclic) bond motifs is 2. The average molecular weight is 430 g/mol. The molecule has 0 radical (unpaired) electrons. The first-order valence-corrected chi connectivity index (χ1v) is 11.1. The van der Waals surface area contributed by atoms with E-state index >= 15 is 0 Å². The Bertz CT molecular complexity index is 1180. The molecular weight excluding hydrogens is 398 g/mol. The fourth-order valence-corrected chi connectivity index (χ4v) is 4.54. The van der Waals surface area contributed by atoms with E-state index < -0.39 is 0 Å². The van der Waals surface area contributed by atoms with E-state index in [2.05, 4.69) is 62.3 Å². The van der Waals surface area contributed by atoms with Crippen LogP contribution in [-0.2, 0) is 4.79 Å². The molecular formula is C27H31N3O2. The fourth-order valence-electron chi connectivity index (χ4n) is 4.54. The van der Waals surface area contributed by atoms with Crippen LogP contribution in [0.4, 0.5) is 5.69 Å². The lowest BCUT2D eigenvalue weighted by Crippen LogP contribution is -2.45. The fraction of sp³-hybridized carbons (Fsp3) is 0.333. The predicted molar refractivity (Wildman–Crippen MR) is 132 cm³/mol. The van der Waals surface area contributed by atoms with E-state index in [-0.39, 0.29) is 18.1 Å². The zero-order valence-electron chi connectivity index (χ0n) is 19.5. The number of aryl methyl sites for hydroxylation is 1. The summed E-state index contributed by atoms with van der Waals surface area (Å²) in [5.74, 6) is 0.862. The minimum absolute atomic E-state index is 0.0918. The van der Waals surface area contributed by atoms with Crippen molar-refractivity contribution in [3.8, 4) is 5.75 Å². The Balaban J connectivity index is 1.42. The summed E-state index contributed by atoms with van der Waals surface area (Å²) in [4.78, 5) is 14.6. The molecule has 0 saturated carbocycles. The quantitative estimate of drug-likeness (QED) is 0.436. The van der Waals surface area contributed by atoms with E-state index in [1.807, 2.05) is 42.5 Å². The van der Waals surface area contributed by atoms with Crippen LogP contribution in [0.25, 0.3) is 10.8 Å². The molecule has 1 aliphatic heterocycles.